The highest BCUT2D eigenvalue weighted by atomic mass is 19.4. The van der Waals surface area contributed by atoms with Gasteiger partial charge >= 0.3 is 12.3 Å². The summed E-state index contributed by atoms with van der Waals surface area (Å²) in [6.07, 6.45) is -3.94. The molecule has 0 aliphatic carbocycles. The van der Waals surface area contributed by atoms with Gasteiger partial charge in [0.15, 0.2) is 0 Å². The molecule has 0 radical (unpaired) electrons. The molecule has 0 amide bonds. The molecule has 0 spiro atoms. The zero-order valence-electron chi connectivity index (χ0n) is 16.9. The van der Waals surface area contributed by atoms with E-state index in [9.17, 15) is 18.0 Å². The minimum absolute atomic E-state index is 0.00164. The molecular formula is C22H23F3O5. The molecule has 1 aliphatic rings. The van der Waals surface area contributed by atoms with E-state index in [1.807, 2.05) is 13.8 Å². The lowest BCUT2D eigenvalue weighted by molar-refractivity contribution is -0.274. The molecule has 162 valence electrons. The smallest absolute Gasteiger partial charge is 0.489 e. The summed E-state index contributed by atoms with van der Waals surface area (Å²) >= 11 is 0. The maximum absolute atomic E-state index is 12.7. The van der Waals surface area contributed by atoms with E-state index in [0.29, 0.717) is 35.5 Å². The molecule has 1 heterocycles. The largest absolute Gasteiger partial charge is 0.573 e. The topological polar surface area (TPSA) is 65.0 Å². The summed E-state index contributed by atoms with van der Waals surface area (Å²) in [5.74, 6) is -0.653. The molecule has 0 fully saturated rings. The van der Waals surface area contributed by atoms with Gasteiger partial charge in [-0.1, -0.05) is 19.1 Å². The van der Waals surface area contributed by atoms with Crippen molar-refractivity contribution in [2.45, 2.75) is 52.2 Å². The van der Waals surface area contributed by atoms with Crippen molar-refractivity contribution in [3.05, 3.63) is 53.1 Å². The van der Waals surface area contributed by atoms with Gasteiger partial charge in [-0.05, 0) is 50.1 Å². The van der Waals surface area contributed by atoms with E-state index in [4.69, 9.17) is 14.6 Å². The van der Waals surface area contributed by atoms with Crippen LogP contribution < -0.4 is 14.2 Å². The molecule has 1 N–H and O–H groups in total. The van der Waals surface area contributed by atoms with Crippen LogP contribution in [0.1, 0.15) is 37.5 Å². The van der Waals surface area contributed by atoms with Gasteiger partial charge < -0.3 is 19.3 Å². The Morgan fingerprint density at radius 1 is 1.20 bits per heavy atom. The Labute approximate surface area is 172 Å². The fourth-order valence-electron chi connectivity index (χ4n) is 3.38. The number of rotatable bonds is 7. The third-order valence-electron chi connectivity index (χ3n) is 4.73. The van der Waals surface area contributed by atoms with E-state index in [1.165, 1.54) is 12.1 Å². The molecule has 8 heteroatoms. The predicted molar refractivity (Wildman–Crippen MR) is 103 cm³/mol. The number of ether oxygens (including phenoxy) is 3. The SMILES string of the molecule is C[C@@H](Cc1ccc(OCc2cc(OC(F)(F)F)cc3c2OC(C)(C)C3)cc1)C(=O)O. The number of alkyl halides is 3. The van der Waals surface area contributed by atoms with Gasteiger partial charge in [0.1, 0.15) is 29.5 Å². The number of carbonyl (C=O) groups is 1. The second kappa shape index (κ2) is 8.08. The quantitative estimate of drug-likeness (QED) is 0.667. The Morgan fingerprint density at radius 2 is 1.87 bits per heavy atom. The van der Waals surface area contributed by atoms with Crippen LogP contribution in [0.4, 0.5) is 13.2 Å². The third-order valence-corrected chi connectivity index (χ3v) is 4.73. The number of aliphatic carboxylic acids is 1. The second-order valence-corrected chi connectivity index (χ2v) is 8.03. The monoisotopic (exact) mass is 424 g/mol. The number of hydrogen-bond donors (Lipinski definition) is 1. The van der Waals surface area contributed by atoms with Gasteiger partial charge in [-0.3, -0.25) is 4.79 Å². The normalized spacial score (nSPS) is 15.8. The lowest BCUT2D eigenvalue weighted by Crippen LogP contribution is -2.25. The highest BCUT2D eigenvalue weighted by Gasteiger charge is 2.35. The molecule has 0 aromatic heterocycles. The highest BCUT2D eigenvalue weighted by Crippen LogP contribution is 2.41. The van der Waals surface area contributed by atoms with Crippen LogP contribution in [0.2, 0.25) is 0 Å². The molecule has 5 nitrogen and oxygen atoms in total. The molecular weight excluding hydrogens is 401 g/mol. The number of benzene rings is 2. The highest BCUT2D eigenvalue weighted by molar-refractivity contribution is 5.69. The van der Waals surface area contributed by atoms with E-state index in [-0.39, 0.29) is 12.4 Å². The van der Waals surface area contributed by atoms with Gasteiger partial charge in [-0.25, -0.2) is 0 Å². The van der Waals surface area contributed by atoms with E-state index in [2.05, 4.69) is 4.74 Å². The van der Waals surface area contributed by atoms with Crippen LogP contribution >= 0.6 is 0 Å². The van der Waals surface area contributed by atoms with Gasteiger partial charge in [0.2, 0.25) is 0 Å². The summed E-state index contributed by atoms with van der Waals surface area (Å²) in [7, 11) is 0. The maximum atomic E-state index is 12.7. The Kier molecular flexibility index (Phi) is 5.87. The number of carboxylic acid groups (broad SMARTS) is 1. The van der Waals surface area contributed by atoms with Crippen molar-refractivity contribution in [3.63, 3.8) is 0 Å². The van der Waals surface area contributed by atoms with Crippen molar-refractivity contribution in [3.8, 4) is 17.2 Å². The molecule has 3 rings (SSSR count). The first-order chi connectivity index (χ1) is 13.9. The standard InChI is InChI=1S/C22H23F3O5/c1-13(20(26)27)8-14-4-6-17(7-5-14)28-12-16-10-18(29-22(23,24)25)9-15-11-21(2,3)30-19(15)16/h4-7,9-10,13H,8,11-12H2,1-3H3,(H,26,27)/t13-/m0/s1. The van der Waals surface area contributed by atoms with E-state index >= 15 is 0 Å². The minimum Gasteiger partial charge on any atom is -0.489 e. The zero-order chi connectivity index (χ0) is 22.1. The number of halogens is 3. The average Bonchev–Trinajstić information content (AvgIpc) is 2.93. The number of carboxylic acids is 1. The summed E-state index contributed by atoms with van der Waals surface area (Å²) in [5, 5.41) is 9.00. The minimum atomic E-state index is -4.79. The molecule has 0 bridgehead atoms. The Balaban J connectivity index is 1.75. The summed E-state index contributed by atoms with van der Waals surface area (Å²) in [6, 6.07) is 9.55. The molecule has 0 saturated carbocycles. The lowest BCUT2D eigenvalue weighted by atomic mass is 10.00. The van der Waals surface area contributed by atoms with Crippen LogP contribution in [0.25, 0.3) is 0 Å². The van der Waals surface area contributed by atoms with Crippen molar-refractivity contribution >= 4 is 5.97 Å². The molecule has 0 unspecified atom stereocenters. The molecule has 0 saturated heterocycles. The van der Waals surface area contributed by atoms with Crippen molar-refractivity contribution in [2.75, 3.05) is 0 Å². The second-order valence-electron chi connectivity index (χ2n) is 8.03. The average molecular weight is 424 g/mol. The summed E-state index contributed by atoms with van der Waals surface area (Å²) in [6.45, 7) is 5.35. The molecule has 2 aromatic carbocycles. The fourth-order valence-corrected chi connectivity index (χ4v) is 3.38. The van der Waals surface area contributed by atoms with Gasteiger partial charge in [0.05, 0.1) is 5.92 Å². The molecule has 1 aliphatic heterocycles. The summed E-state index contributed by atoms with van der Waals surface area (Å²) in [4.78, 5) is 11.0. The number of fused-ring (bicyclic) bond motifs is 1. The van der Waals surface area contributed by atoms with Crippen molar-refractivity contribution < 1.29 is 37.3 Å². The first-order valence-corrected chi connectivity index (χ1v) is 9.47. The van der Waals surface area contributed by atoms with Gasteiger partial charge in [0, 0.05) is 17.5 Å². The van der Waals surface area contributed by atoms with E-state index < -0.39 is 23.9 Å². The first kappa shape index (κ1) is 21.8. The van der Waals surface area contributed by atoms with Crippen LogP contribution in [0, 0.1) is 5.92 Å². The van der Waals surface area contributed by atoms with Crippen LogP contribution in [0.5, 0.6) is 17.2 Å². The van der Waals surface area contributed by atoms with Crippen molar-refractivity contribution in [1.29, 1.82) is 0 Å². The molecule has 2 aromatic rings. The van der Waals surface area contributed by atoms with Crippen LogP contribution in [0.3, 0.4) is 0 Å². The number of hydrogen-bond acceptors (Lipinski definition) is 4. The van der Waals surface area contributed by atoms with Crippen molar-refractivity contribution in [1.82, 2.24) is 0 Å². The van der Waals surface area contributed by atoms with E-state index in [0.717, 1.165) is 5.56 Å². The van der Waals surface area contributed by atoms with Gasteiger partial charge in [-0.2, -0.15) is 0 Å². The first-order valence-electron chi connectivity index (χ1n) is 9.47. The Bertz CT molecular complexity index is 920. The maximum Gasteiger partial charge on any atom is 0.573 e. The Morgan fingerprint density at radius 3 is 2.47 bits per heavy atom. The van der Waals surface area contributed by atoms with Crippen LogP contribution in [-0.4, -0.2) is 23.0 Å². The fraction of sp³-hybridized carbons (Fsp3) is 0.409. The van der Waals surface area contributed by atoms with Gasteiger partial charge in [0.25, 0.3) is 0 Å². The summed E-state index contributed by atoms with van der Waals surface area (Å²) < 4.78 is 53.8. The zero-order valence-corrected chi connectivity index (χ0v) is 16.9. The molecule has 1 atom stereocenters. The predicted octanol–water partition coefficient (Wildman–Crippen LogP) is 5.14. The Hall–Kier alpha value is -2.90. The third kappa shape index (κ3) is 5.58. The van der Waals surface area contributed by atoms with E-state index in [1.54, 1.807) is 31.2 Å². The lowest BCUT2D eigenvalue weighted by Gasteiger charge is -2.18. The summed E-state index contributed by atoms with van der Waals surface area (Å²) in [5.41, 5.74) is 1.42. The van der Waals surface area contributed by atoms with Crippen LogP contribution in [0.15, 0.2) is 36.4 Å². The van der Waals surface area contributed by atoms with Gasteiger partial charge in [-0.15, -0.1) is 13.2 Å². The van der Waals surface area contributed by atoms with Crippen LogP contribution in [-0.2, 0) is 24.2 Å². The molecule has 30 heavy (non-hydrogen) atoms. The van der Waals surface area contributed by atoms with Crippen molar-refractivity contribution in [2.24, 2.45) is 5.92 Å².